The lowest BCUT2D eigenvalue weighted by atomic mass is 10.3. The number of nitrogens with one attached hydrogen (secondary N) is 2. The molecule has 2 aromatic heterocycles. The SMILES string of the molecule is O=c1[nH]cc(S(=O)(=O)NCCCCn2ccnc2)cc1Cl. The number of H-pyrrole nitrogens is 1. The summed E-state index contributed by atoms with van der Waals surface area (Å²) in [6.07, 6.45) is 7.91. The number of imidazole rings is 1. The molecule has 21 heavy (non-hydrogen) atoms. The lowest BCUT2D eigenvalue weighted by molar-refractivity contribution is 0.565. The number of rotatable bonds is 7. The fraction of sp³-hybridized carbons (Fsp3) is 0.333. The van der Waals surface area contributed by atoms with Crippen LogP contribution in [0.4, 0.5) is 0 Å². The second-order valence-electron chi connectivity index (χ2n) is 4.42. The zero-order valence-corrected chi connectivity index (χ0v) is 12.7. The van der Waals surface area contributed by atoms with Crippen molar-refractivity contribution in [3.63, 3.8) is 0 Å². The Kier molecular flexibility index (Phi) is 5.16. The van der Waals surface area contributed by atoms with E-state index in [0.29, 0.717) is 13.0 Å². The molecular formula is C12H15ClN4O3S. The Morgan fingerprint density at radius 1 is 1.38 bits per heavy atom. The van der Waals surface area contributed by atoms with Gasteiger partial charge in [-0.05, 0) is 18.9 Å². The van der Waals surface area contributed by atoms with E-state index >= 15 is 0 Å². The first kappa shape index (κ1) is 15.7. The van der Waals surface area contributed by atoms with Gasteiger partial charge in [0.25, 0.3) is 5.56 Å². The fourth-order valence-corrected chi connectivity index (χ4v) is 3.02. The fourth-order valence-electron chi connectivity index (χ4n) is 1.72. The average molecular weight is 331 g/mol. The molecule has 2 N–H and O–H groups in total. The van der Waals surface area contributed by atoms with Crippen molar-refractivity contribution in [3.8, 4) is 0 Å². The highest BCUT2D eigenvalue weighted by molar-refractivity contribution is 7.89. The van der Waals surface area contributed by atoms with E-state index in [1.807, 2.05) is 10.8 Å². The molecule has 2 rings (SSSR count). The third-order valence-corrected chi connectivity index (χ3v) is 4.56. The van der Waals surface area contributed by atoms with Gasteiger partial charge in [0.15, 0.2) is 0 Å². The van der Waals surface area contributed by atoms with Crippen LogP contribution in [0.15, 0.2) is 40.7 Å². The second-order valence-corrected chi connectivity index (χ2v) is 6.59. The number of hydrogen-bond donors (Lipinski definition) is 2. The molecule has 0 spiro atoms. The number of aromatic nitrogens is 3. The van der Waals surface area contributed by atoms with Gasteiger partial charge in [-0.1, -0.05) is 11.6 Å². The first-order valence-corrected chi connectivity index (χ1v) is 8.19. The molecule has 7 nitrogen and oxygen atoms in total. The van der Waals surface area contributed by atoms with Gasteiger partial charge >= 0.3 is 0 Å². The Labute approximate surface area is 127 Å². The molecule has 0 radical (unpaired) electrons. The van der Waals surface area contributed by atoms with Crippen molar-refractivity contribution >= 4 is 21.6 Å². The summed E-state index contributed by atoms with van der Waals surface area (Å²) in [4.78, 5) is 17.2. The highest BCUT2D eigenvalue weighted by Crippen LogP contribution is 2.10. The van der Waals surface area contributed by atoms with Crippen LogP contribution in [0.1, 0.15) is 12.8 Å². The maximum Gasteiger partial charge on any atom is 0.266 e. The number of halogens is 1. The van der Waals surface area contributed by atoms with E-state index in [-0.39, 0.29) is 9.92 Å². The standard InChI is InChI=1S/C12H15ClN4O3S/c13-11-7-10(8-15-12(11)18)21(19,20)16-3-1-2-5-17-6-4-14-9-17/h4,6-9,16H,1-3,5H2,(H,15,18). The maximum absolute atomic E-state index is 12.0. The predicted molar refractivity (Wildman–Crippen MR) is 78.7 cm³/mol. The molecule has 0 aliphatic carbocycles. The van der Waals surface area contributed by atoms with Gasteiger partial charge < -0.3 is 9.55 Å². The summed E-state index contributed by atoms with van der Waals surface area (Å²) in [5.41, 5.74) is -0.518. The molecule has 0 saturated heterocycles. The quantitative estimate of drug-likeness (QED) is 0.740. The van der Waals surface area contributed by atoms with E-state index in [1.165, 1.54) is 0 Å². The molecule has 0 saturated carbocycles. The van der Waals surface area contributed by atoms with Crippen LogP contribution in [0.2, 0.25) is 5.02 Å². The topological polar surface area (TPSA) is 96.9 Å². The summed E-state index contributed by atoms with van der Waals surface area (Å²) in [6.45, 7) is 1.10. The van der Waals surface area contributed by atoms with Crippen molar-refractivity contribution < 1.29 is 8.42 Å². The molecule has 0 aliphatic heterocycles. The zero-order chi connectivity index (χ0) is 15.3. The van der Waals surface area contributed by atoms with E-state index in [2.05, 4.69) is 14.7 Å². The van der Waals surface area contributed by atoms with Gasteiger partial charge in [-0.25, -0.2) is 18.1 Å². The highest BCUT2D eigenvalue weighted by atomic mass is 35.5. The van der Waals surface area contributed by atoms with E-state index in [1.54, 1.807) is 12.5 Å². The van der Waals surface area contributed by atoms with Crippen molar-refractivity contribution in [2.24, 2.45) is 0 Å². The Balaban J connectivity index is 1.83. The van der Waals surface area contributed by atoms with Gasteiger partial charge in [-0.15, -0.1) is 0 Å². The summed E-state index contributed by atoms with van der Waals surface area (Å²) in [7, 11) is -3.66. The Morgan fingerprint density at radius 2 is 2.19 bits per heavy atom. The largest absolute Gasteiger partial charge is 0.337 e. The van der Waals surface area contributed by atoms with Gasteiger partial charge in [-0.2, -0.15) is 0 Å². The molecule has 0 bridgehead atoms. The van der Waals surface area contributed by atoms with E-state index in [4.69, 9.17) is 11.6 Å². The minimum atomic E-state index is -3.66. The third-order valence-electron chi connectivity index (χ3n) is 2.84. The van der Waals surface area contributed by atoms with Gasteiger partial charge in [0.1, 0.15) is 5.02 Å². The Bertz CT molecular complexity index is 740. The van der Waals surface area contributed by atoms with Crippen LogP contribution in [0, 0.1) is 0 Å². The van der Waals surface area contributed by atoms with Gasteiger partial charge in [0.2, 0.25) is 10.0 Å². The number of nitrogens with zero attached hydrogens (tertiary/aromatic N) is 2. The number of aryl methyl sites for hydroxylation is 1. The van der Waals surface area contributed by atoms with Gasteiger partial charge in [0, 0.05) is 31.7 Å². The maximum atomic E-state index is 12.0. The minimum Gasteiger partial charge on any atom is -0.337 e. The number of unbranched alkanes of at least 4 members (excludes halogenated alkanes) is 1. The molecule has 0 atom stereocenters. The van der Waals surface area contributed by atoms with Crippen LogP contribution >= 0.6 is 11.6 Å². The Hall–Kier alpha value is -1.64. The molecule has 0 aliphatic rings. The first-order valence-electron chi connectivity index (χ1n) is 6.33. The Morgan fingerprint density at radius 3 is 2.86 bits per heavy atom. The zero-order valence-electron chi connectivity index (χ0n) is 11.1. The lowest BCUT2D eigenvalue weighted by Gasteiger charge is -2.07. The summed E-state index contributed by atoms with van der Waals surface area (Å²) in [6, 6.07) is 1.13. The summed E-state index contributed by atoms with van der Waals surface area (Å²) in [5, 5.41) is -0.155. The monoisotopic (exact) mass is 330 g/mol. The third kappa shape index (κ3) is 4.42. The van der Waals surface area contributed by atoms with Crippen LogP contribution < -0.4 is 10.3 Å². The van der Waals surface area contributed by atoms with Crippen LogP contribution in [0.5, 0.6) is 0 Å². The average Bonchev–Trinajstić information content (AvgIpc) is 2.94. The molecular weight excluding hydrogens is 316 g/mol. The van der Waals surface area contributed by atoms with Crippen molar-refractivity contribution in [2.45, 2.75) is 24.3 Å². The smallest absolute Gasteiger partial charge is 0.266 e. The van der Waals surface area contributed by atoms with Crippen molar-refractivity contribution in [3.05, 3.63) is 46.4 Å². The minimum absolute atomic E-state index is 0.0540. The molecule has 0 amide bonds. The van der Waals surface area contributed by atoms with Crippen LogP contribution in [-0.2, 0) is 16.6 Å². The summed E-state index contributed by atoms with van der Waals surface area (Å²) in [5.74, 6) is 0. The summed E-state index contributed by atoms with van der Waals surface area (Å²) < 4.78 is 28.4. The second kappa shape index (κ2) is 6.88. The van der Waals surface area contributed by atoms with Gasteiger partial charge in [0.05, 0.1) is 11.2 Å². The van der Waals surface area contributed by atoms with Gasteiger partial charge in [-0.3, -0.25) is 4.79 Å². The molecule has 0 fully saturated rings. The van der Waals surface area contributed by atoms with Crippen LogP contribution in [0.3, 0.4) is 0 Å². The molecule has 114 valence electrons. The van der Waals surface area contributed by atoms with E-state index in [9.17, 15) is 13.2 Å². The highest BCUT2D eigenvalue weighted by Gasteiger charge is 2.14. The normalized spacial score (nSPS) is 11.7. The molecule has 0 aromatic carbocycles. The van der Waals surface area contributed by atoms with E-state index in [0.717, 1.165) is 25.2 Å². The molecule has 2 aromatic rings. The summed E-state index contributed by atoms with van der Waals surface area (Å²) >= 11 is 5.62. The van der Waals surface area contributed by atoms with Crippen molar-refractivity contribution in [1.82, 2.24) is 19.3 Å². The van der Waals surface area contributed by atoms with Crippen molar-refractivity contribution in [2.75, 3.05) is 6.54 Å². The lowest BCUT2D eigenvalue weighted by Crippen LogP contribution is -2.26. The number of pyridine rings is 1. The first-order chi connectivity index (χ1) is 9.99. The predicted octanol–water partition coefficient (Wildman–Crippen LogP) is 0.983. The van der Waals surface area contributed by atoms with Crippen LogP contribution in [-0.4, -0.2) is 29.5 Å². The molecule has 9 heteroatoms. The number of aromatic amines is 1. The number of hydrogen-bond acceptors (Lipinski definition) is 4. The van der Waals surface area contributed by atoms with Crippen LogP contribution in [0.25, 0.3) is 0 Å². The molecule has 2 heterocycles. The molecule has 0 unspecified atom stereocenters. The number of sulfonamides is 1. The van der Waals surface area contributed by atoms with E-state index < -0.39 is 15.6 Å². The van der Waals surface area contributed by atoms with Crippen molar-refractivity contribution in [1.29, 1.82) is 0 Å².